The van der Waals surface area contributed by atoms with Crippen molar-refractivity contribution >= 4 is 26.0 Å². The number of rotatable bonds is 3. The van der Waals surface area contributed by atoms with Crippen molar-refractivity contribution in [3.63, 3.8) is 0 Å². The van der Waals surface area contributed by atoms with Crippen molar-refractivity contribution in [1.29, 1.82) is 0 Å². The predicted octanol–water partition coefficient (Wildman–Crippen LogP) is 3.15. The lowest BCUT2D eigenvalue weighted by Gasteiger charge is -2.19. The number of halogens is 1. The van der Waals surface area contributed by atoms with Crippen LogP contribution in [0.2, 0.25) is 0 Å². The van der Waals surface area contributed by atoms with Gasteiger partial charge in [-0.25, -0.2) is 12.7 Å². The van der Waals surface area contributed by atoms with Crippen LogP contribution >= 0.6 is 15.9 Å². The van der Waals surface area contributed by atoms with Crippen LogP contribution < -0.4 is 0 Å². The molecule has 1 aromatic rings. The van der Waals surface area contributed by atoms with Gasteiger partial charge in [0, 0.05) is 17.6 Å². The maximum atomic E-state index is 12.3. The summed E-state index contributed by atoms with van der Waals surface area (Å²) >= 11 is 3.35. The highest BCUT2D eigenvalue weighted by atomic mass is 79.9. The molecule has 0 radical (unpaired) electrons. The van der Waals surface area contributed by atoms with Crippen LogP contribution in [0.1, 0.15) is 31.2 Å². The molecule has 2 rings (SSSR count). The van der Waals surface area contributed by atoms with E-state index in [1.54, 1.807) is 4.31 Å². The van der Waals surface area contributed by atoms with Gasteiger partial charge in [-0.15, -0.1) is 0 Å². The molecule has 1 aromatic carbocycles. The number of hydrogen-bond donors (Lipinski definition) is 0. The van der Waals surface area contributed by atoms with E-state index >= 15 is 0 Å². The summed E-state index contributed by atoms with van der Waals surface area (Å²) in [6, 6.07) is 7.49. The van der Waals surface area contributed by atoms with Crippen LogP contribution in [0.4, 0.5) is 0 Å². The number of sulfonamides is 1. The van der Waals surface area contributed by atoms with Crippen molar-refractivity contribution < 1.29 is 8.42 Å². The van der Waals surface area contributed by atoms with Crippen LogP contribution in [0.5, 0.6) is 0 Å². The van der Waals surface area contributed by atoms with E-state index in [1.165, 1.54) is 0 Å². The van der Waals surface area contributed by atoms with Crippen LogP contribution in [0, 0.1) is 0 Å². The highest BCUT2D eigenvalue weighted by Gasteiger charge is 2.23. The quantitative estimate of drug-likeness (QED) is 0.853. The molecule has 0 aromatic heterocycles. The Morgan fingerprint density at radius 2 is 1.56 bits per heavy atom. The molecule has 0 spiro atoms. The SMILES string of the molecule is O=S(=O)(Cc1ccc(Br)cc1)N1CCCCCC1. The van der Waals surface area contributed by atoms with Gasteiger partial charge >= 0.3 is 0 Å². The lowest BCUT2D eigenvalue weighted by atomic mass is 10.2. The first-order valence-electron chi connectivity index (χ1n) is 6.30. The second kappa shape index (κ2) is 6.17. The lowest BCUT2D eigenvalue weighted by Crippen LogP contribution is -2.32. The summed E-state index contributed by atoms with van der Waals surface area (Å²) in [6.45, 7) is 1.36. The first kappa shape index (κ1) is 14.0. The molecule has 0 bridgehead atoms. The Labute approximate surface area is 117 Å². The molecule has 1 aliphatic heterocycles. The topological polar surface area (TPSA) is 37.4 Å². The van der Waals surface area contributed by atoms with E-state index in [2.05, 4.69) is 15.9 Å². The van der Waals surface area contributed by atoms with E-state index in [9.17, 15) is 8.42 Å². The Morgan fingerprint density at radius 1 is 1.00 bits per heavy atom. The molecule has 0 N–H and O–H groups in total. The fraction of sp³-hybridized carbons (Fsp3) is 0.538. The third-order valence-corrected chi connectivity index (χ3v) is 5.60. The van der Waals surface area contributed by atoms with Gasteiger partial charge < -0.3 is 0 Å². The van der Waals surface area contributed by atoms with Crippen LogP contribution in [0.15, 0.2) is 28.7 Å². The summed E-state index contributed by atoms with van der Waals surface area (Å²) < 4.78 is 27.2. The average Bonchev–Trinajstić information content (AvgIpc) is 2.61. The third kappa shape index (κ3) is 3.80. The predicted molar refractivity (Wildman–Crippen MR) is 76.8 cm³/mol. The van der Waals surface area contributed by atoms with Crippen LogP contribution in [0.25, 0.3) is 0 Å². The van der Waals surface area contributed by atoms with Gasteiger partial charge in [-0.2, -0.15) is 0 Å². The first-order chi connectivity index (χ1) is 8.58. The zero-order valence-corrected chi connectivity index (χ0v) is 12.7. The molecular formula is C13H18BrNO2S. The van der Waals surface area contributed by atoms with Gasteiger partial charge in [-0.05, 0) is 30.5 Å². The highest BCUT2D eigenvalue weighted by Crippen LogP contribution is 2.18. The normalized spacial score (nSPS) is 18.5. The Bertz CT molecular complexity index is 476. The fourth-order valence-electron chi connectivity index (χ4n) is 2.20. The molecule has 0 aliphatic carbocycles. The van der Waals surface area contributed by atoms with Gasteiger partial charge in [0.1, 0.15) is 0 Å². The van der Waals surface area contributed by atoms with Crippen molar-refractivity contribution in [2.24, 2.45) is 0 Å². The average molecular weight is 332 g/mol. The van der Waals surface area contributed by atoms with Gasteiger partial charge in [-0.3, -0.25) is 0 Å². The zero-order chi connectivity index (χ0) is 13.0. The molecule has 18 heavy (non-hydrogen) atoms. The Kier molecular flexibility index (Phi) is 4.81. The zero-order valence-electron chi connectivity index (χ0n) is 10.3. The Hall–Kier alpha value is -0.390. The standard InChI is InChI=1S/C13H18BrNO2S/c14-13-7-5-12(6-8-13)11-18(16,17)15-9-3-1-2-4-10-15/h5-8H,1-4,9-11H2. The maximum Gasteiger partial charge on any atom is 0.218 e. The molecule has 0 unspecified atom stereocenters. The van der Waals surface area contributed by atoms with Crippen LogP contribution in [-0.4, -0.2) is 25.8 Å². The molecule has 0 atom stereocenters. The Balaban J connectivity index is 2.08. The molecule has 3 nitrogen and oxygen atoms in total. The van der Waals surface area contributed by atoms with Crippen molar-refractivity contribution in [1.82, 2.24) is 4.31 Å². The largest absolute Gasteiger partial charge is 0.218 e. The summed E-state index contributed by atoms with van der Waals surface area (Å²) in [7, 11) is -3.15. The van der Waals surface area contributed by atoms with Gasteiger partial charge in [0.25, 0.3) is 0 Å². The van der Waals surface area contributed by atoms with Gasteiger partial charge in [-0.1, -0.05) is 40.9 Å². The molecule has 0 saturated carbocycles. The van der Waals surface area contributed by atoms with Crippen molar-refractivity contribution in [2.75, 3.05) is 13.1 Å². The maximum absolute atomic E-state index is 12.3. The number of hydrogen-bond acceptors (Lipinski definition) is 2. The minimum absolute atomic E-state index is 0.111. The molecule has 1 heterocycles. The van der Waals surface area contributed by atoms with E-state index in [0.717, 1.165) is 35.7 Å². The summed E-state index contributed by atoms with van der Waals surface area (Å²) in [6.07, 6.45) is 4.26. The monoisotopic (exact) mass is 331 g/mol. The summed E-state index contributed by atoms with van der Waals surface area (Å²) in [5, 5.41) is 0. The second-order valence-electron chi connectivity index (χ2n) is 4.70. The van der Waals surface area contributed by atoms with Crippen molar-refractivity contribution in [2.45, 2.75) is 31.4 Å². The smallest absolute Gasteiger partial charge is 0.212 e. The van der Waals surface area contributed by atoms with E-state index in [4.69, 9.17) is 0 Å². The summed E-state index contributed by atoms with van der Waals surface area (Å²) in [5.74, 6) is 0.111. The molecule has 1 saturated heterocycles. The van der Waals surface area contributed by atoms with Crippen molar-refractivity contribution in [3.05, 3.63) is 34.3 Å². The fourth-order valence-corrected chi connectivity index (χ4v) is 4.08. The van der Waals surface area contributed by atoms with Gasteiger partial charge in [0.15, 0.2) is 0 Å². The van der Waals surface area contributed by atoms with Crippen LogP contribution in [0.3, 0.4) is 0 Å². The second-order valence-corrected chi connectivity index (χ2v) is 7.58. The Morgan fingerprint density at radius 3 is 2.11 bits per heavy atom. The van der Waals surface area contributed by atoms with E-state index < -0.39 is 10.0 Å². The number of benzene rings is 1. The van der Waals surface area contributed by atoms with E-state index in [1.807, 2.05) is 24.3 Å². The molecule has 5 heteroatoms. The first-order valence-corrected chi connectivity index (χ1v) is 8.70. The van der Waals surface area contributed by atoms with E-state index in [0.29, 0.717) is 13.1 Å². The van der Waals surface area contributed by atoms with Gasteiger partial charge in [0.05, 0.1) is 5.75 Å². The van der Waals surface area contributed by atoms with Crippen molar-refractivity contribution in [3.8, 4) is 0 Å². The molecule has 0 amide bonds. The lowest BCUT2D eigenvalue weighted by molar-refractivity contribution is 0.423. The molecule has 100 valence electrons. The summed E-state index contributed by atoms with van der Waals surface area (Å²) in [4.78, 5) is 0. The van der Waals surface area contributed by atoms with E-state index in [-0.39, 0.29) is 5.75 Å². The van der Waals surface area contributed by atoms with Crippen LogP contribution in [-0.2, 0) is 15.8 Å². The molecule has 1 fully saturated rings. The summed E-state index contributed by atoms with van der Waals surface area (Å²) in [5.41, 5.74) is 0.849. The minimum Gasteiger partial charge on any atom is -0.212 e. The minimum atomic E-state index is -3.15. The highest BCUT2D eigenvalue weighted by molar-refractivity contribution is 9.10. The number of nitrogens with zero attached hydrogens (tertiary/aromatic N) is 1. The van der Waals surface area contributed by atoms with Gasteiger partial charge in [0.2, 0.25) is 10.0 Å². The molecular weight excluding hydrogens is 314 g/mol. The third-order valence-electron chi connectivity index (χ3n) is 3.22. The molecule has 1 aliphatic rings.